The largest absolute Gasteiger partial charge is 0.505 e. The first-order valence-corrected chi connectivity index (χ1v) is 7.46. The van der Waals surface area contributed by atoms with Gasteiger partial charge in [0.2, 0.25) is 0 Å². The number of methoxy groups -OCH3 is 1. The Balaban J connectivity index is 2.18. The molecule has 1 aromatic carbocycles. The Kier molecular flexibility index (Phi) is 2.58. The Labute approximate surface area is 128 Å². The zero-order valence-electron chi connectivity index (χ0n) is 12.8. The number of rotatable bonds is 1. The number of hydrogen-bond acceptors (Lipinski definition) is 5. The van der Waals surface area contributed by atoms with Gasteiger partial charge in [-0.1, -0.05) is 12.2 Å². The van der Waals surface area contributed by atoms with Crippen molar-refractivity contribution in [1.82, 2.24) is 9.97 Å². The Hall–Kier alpha value is -2.14. The molecule has 3 aliphatic carbocycles. The van der Waals surface area contributed by atoms with Crippen LogP contribution < -0.4 is 0 Å². The lowest BCUT2D eigenvalue weighted by Crippen LogP contribution is -2.36. The van der Waals surface area contributed by atoms with Gasteiger partial charge in [0.1, 0.15) is 28.1 Å². The molecule has 3 aliphatic rings. The van der Waals surface area contributed by atoms with E-state index in [0.717, 1.165) is 29.8 Å². The number of nitrogens with zero attached hydrogens (tertiary/aromatic N) is 2. The number of phenols is 2. The Morgan fingerprint density at radius 2 is 1.77 bits per heavy atom. The predicted molar refractivity (Wildman–Crippen MR) is 82.1 cm³/mol. The van der Waals surface area contributed by atoms with E-state index in [9.17, 15) is 10.2 Å². The molecule has 0 amide bonds. The molecule has 0 fully saturated rings. The van der Waals surface area contributed by atoms with Crippen LogP contribution in [-0.4, -0.2) is 27.3 Å². The average molecular weight is 298 g/mol. The van der Waals surface area contributed by atoms with Gasteiger partial charge in [0.25, 0.3) is 0 Å². The molecule has 22 heavy (non-hydrogen) atoms. The van der Waals surface area contributed by atoms with Gasteiger partial charge < -0.3 is 14.9 Å². The Morgan fingerprint density at radius 1 is 1.14 bits per heavy atom. The number of allylic oxidation sites excluding steroid dienone is 1. The topological polar surface area (TPSA) is 75.5 Å². The smallest absolute Gasteiger partial charge is 0.150 e. The summed E-state index contributed by atoms with van der Waals surface area (Å²) >= 11 is 0. The first-order valence-electron chi connectivity index (χ1n) is 7.46. The molecule has 5 nitrogen and oxygen atoms in total. The molecule has 0 aliphatic heterocycles. The summed E-state index contributed by atoms with van der Waals surface area (Å²) in [6.45, 7) is 3.69. The van der Waals surface area contributed by atoms with E-state index in [-0.39, 0.29) is 17.4 Å². The molecule has 1 heterocycles. The van der Waals surface area contributed by atoms with E-state index in [2.05, 4.69) is 16.0 Å². The highest BCUT2D eigenvalue weighted by Crippen LogP contribution is 2.57. The standard InChI is InChI=1S/C17H18N2O3/c1-8-9(2)19-14-13(18-8)15(20)11-10-4-6-17(22-3,7-5-10)12(11)16(14)21/h4,6,10,20-21H,5,7H2,1-3H3. The van der Waals surface area contributed by atoms with E-state index in [0.29, 0.717) is 16.6 Å². The van der Waals surface area contributed by atoms with Gasteiger partial charge in [0.15, 0.2) is 0 Å². The van der Waals surface area contributed by atoms with E-state index >= 15 is 0 Å². The highest BCUT2D eigenvalue weighted by atomic mass is 16.5. The van der Waals surface area contributed by atoms with Crippen LogP contribution in [0.15, 0.2) is 12.2 Å². The van der Waals surface area contributed by atoms with Crippen LogP contribution in [0.1, 0.15) is 41.3 Å². The third-order valence-electron chi connectivity index (χ3n) is 5.10. The fourth-order valence-corrected chi connectivity index (χ4v) is 3.76. The van der Waals surface area contributed by atoms with Crippen molar-refractivity contribution in [2.75, 3.05) is 7.11 Å². The van der Waals surface area contributed by atoms with Gasteiger partial charge in [-0.05, 0) is 26.7 Å². The fraction of sp³-hybridized carbons (Fsp3) is 0.412. The number of fused-ring (bicyclic) bond motifs is 2. The molecular weight excluding hydrogens is 280 g/mol. The summed E-state index contributed by atoms with van der Waals surface area (Å²) in [7, 11) is 1.63. The lowest BCUT2D eigenvalue weighted by molar-refractivity contribution is 0.00449. The summed E-state index contributed by atoms with van der Waals surface area (Å²) in [5, 5.41) is 21.6. The average Bonchev–Trinajstić information content (AvgIpc) is 2.54. The van der Waals surface area contributed by atoms with Crippen LogP contribution in [0.5, 0.6) is 11.5 Å². The molecule has 5 rings (SSSR count). The molecule has 2 aromatic rings. The summed E-state index contributed by atoms with van der Waals surface area (Å²) in [5.74, 6) is 0.286. The van der Waals surface area contributed by atoms with Crippen molar-refractivity contribution < 1.29 is 14.9 Å². The number of aryl methyl sites for hydroxylation is 2. The summed E-state index contributed by atoms with van der Waals surface area (Å²) in [6.07, 6.45) is 5.71. The first-order chi connectivity index (χ1) is 10.5. The van der Waals surface area contributed by atoms with Crippen LogP contribution in [0.25, 0.3) is 11.0 Å². The number of phenolic OH excluding ortho intramolecular Hbond substituents is 2. The zero-order chi connectivity index (χ0) is 15.6. The summed E-state index contributed by atoms with van der Waals surface area (Å²) in [5.41, 5.74) is 2.91. The van der Waals surface area contributed by atoms with Crippen LogP contribution in [0, 0.1) is 13.8 Å². The minimum Gasteiger partial charge on any atom is -0.505 e. The molecule has 0 spiro atoms. The van der Waals surface area contributed by atoms with E-state index in [1.807, 2.05) is 19.9 Å². The van der Waals surface area contributed by atoms with Crippen LogP contribution in [0.4, 0.5) is 0 Å². The molecule has 5 heteroatoms. The number of ether oxygens (including phenoxy) is 1. The molecular formula is C17H18N2O3. The summed E-state index contributed by atoms with van der Waals surface area (Å²) in [4.78, 5) is 8.88. The van der Waals surface area contributed by atoms with E-state index in [4.69, 9.17) is 4.74 Å². The summed E-state index contributed by atoms with van der Waals surface area (Å²) < 4.78 is 5.72. The highest BCUT2D eigenvalue weighted by molar-refractivity contribution is 5.91. The van der Waals surface area contributed by atoms with Crippen LogP contribution in [-0.2, 0) is 10.3 Å². The molecule has 2 bridgehead atoms. The van der Waals surface area contributed by atoms with E-state index in [1.165, 1.54) is 0 Å². The van der Waals surface area contributed by atoms with Gasteiger partial charge in [0.05, 0.1) is 11.4 Å². The summed E-state index contributed by atoms with van der Waals surface area (Å²) in [6, 6.07) is 0. The predicted octanol–water partition coefficient (Wildman–Crippen LogP) is 2.95. The molecule has 0 saturated heterocycles. The van der Waals surface area contributed by atoms with Gasteiger partial charge in [-0.3, -0.25) is 0 Å². The van der Waals surface area contributed by atoms with Crippen molar-refractivity contribution >= 4 is 11.0 Å². The quantitative estimate of drug-likeness (QED) is 0.625. The van der Waals surface area contributed by atoms with E-state index < -0.39 is 5.60 Å². The molecule has 0 radical (unpaired) electrons. The minimum absolute atomic E-state index is 0.0781. The van der Waals surface area contributed by atoms with Crippen molar-refractivity contribution in [2.24, 2.45) is 0 Å². The van der Waals surface area contributed by atoms with Crippen molar-refractivity contribution in [1.29, 1.82) is 0 Å². The number of aromatic nitrogens is 2. The molecule has 114 valence electrons. The molecule has 0 saturated carbocycles. The van der Waals surface area contributed by atoms with Gasteiger partial charge in [-0.2, -0.15) is 0 Å². The minimum atomic E-state index is -0.680. The maximum absolute atomic E-state index is 10.8. The van der Waals surface area contributed by atoms with Gasteiger partial charge in [-0.15, -0.1) is 0 Å². The highest BCUT2D eigenvalue weighted by Gasteiger charge is 2.46. The number of hydrogen-bond donors (Lipinski definition) is 2. The zero-order valence-corrected chi connectivity index (χ0v) is 12.8. The van der Waals surface area contributed by atoms with Crippen molar-refractivity contribution in [2.45, 2.75) is 38.2 Å². The van der Waals surface area contributed by atoms with Crippen LogP contribution in [0.3, 0.4) is 0 Å². The maximum atomic E-state index is 10.8. The van der Waals surface area contributed by atoms with Crippen molar-refractivity contribution in [3.8, 4) is 11.5 Å². The van der Waals surface area contributed by atoms with Crippen LogP contribution in [0.2, 0.25) is 0 Å². The molecule has 2 unspecified atom stereocenters. The monoisotopic (exact) mass is 298 g/mol. The molecule has 1 aromatic heterocycles. The number of benzene rings is 1. The van der Waals surface area contributed by atoms with Crippen molar-refractivity contribution in [3.63, 3.8) is 0 Å². The first kappa shape index (κ1) is 13.5. The molecule has 2 N–H and O–H groups in total. The third-order valence-corrected chi connectivity index (χ3v) is 5.10. The normalized spacial score (nSPS) is 25.7. The second-order valence-electron chi connectivity index (χ2n) is 6.18. The van der Waals surface area contributed by atoms with Gasteiger partial charge in [0, 0.05) is 24.2 Å². The van der Waals surface area contributed by atoms with Crippen molar-refractivity contribution in [3.05, 3.63) is 34.7 Å². The fourth-order valence-electron chi connectivity index (χ4n) is 3.76. The maximum Gasteiger partial charge on any atom is 0.150 e. The number of aromatic hydroxyl groups is 2. The molecule has 2 atom stereocenters. The Bertz CT molecular complexity index is 844. The second-order valence-corrected chi connectivity index (χ2v) is 6.18. The Morgan fingerprint density at radius 3 is 2.32 bits per heavy atom. The lowest BCUT2D eigenvalue weighted by atomic mass is 9.67. The van der Waals surface area contributed by atoms with Gasteiger partial charge >= 0.3 is 0 Å². The van der Waals surface area contributed by atoms with E-state index in [1.54, 1.807) is 7.11 Å². The third kappa shape index (κ3) is 1.47. The van der Waals surface area contributed by atoms with Gasteiger partial charge in [-0.25, -0.2) is 9.97 Å². The SMILES string of the molecule is COC12C=CC(CC1)c1c2c(O)c2nc(C)c(C)nc2c1O. The second kappa shape index (κ2) is 4.20. The lowest BCUT2D eigenvalue weighted by Gasteiger charge is -2.43. The van der Waals surface area contributed by atoms with Crippen LogP contribution >= 0.6 is 0 Å².